The Morgan fingerprint density at radius 1 is 1.35 bits per heavy atom. The van der Waals surface area contributed by atoms with Gasteiger partial charge in [-0.25, -0.2) is 9.37 Å². The monoisotopic (exact) mass is 348 g/mol. The number of halogens is 5. The van der Waals surface area contributed by atoms with Crippen molar-refractivity contribution in [1.82, 2.24) is 10.3 Å². The average molecular weight is 349 g/mol. The number of aromatic nitrogens is 1. The molecule has 1 aliphatic rings. The summed E-state index contributed by atoms with van der Waals surface area (Å²) >= 11 is 5.57. The summed E-state index contributed by atoms with van der Waals surface area (Å²) in [7, 11) is 0. The Labute approximate surface area is 134 Å². The molecule has 8 heteroatoms. The lowest BCUT2D eigenvalue weighted by Crippen LogP contribution is -2.34. The number of nitrogens with zero attached hydrogens (tertiary/aromatic N) is 1. The van der Waals surface area contributed by atoms with Gasteiger partial charge in [0.2, 0.25) is 5.89 Å². The molecule has 1 aromatic heterocycles. The molecule has 3 rings (SSSR count). The molecule has 1 aliphatic carbocycles. The lowest BCUT2D eigenvalue weighted by molar-refractivity contribution is -0.158. The van der Waals surface area contributed by atoms with Gasteiger partial charge < -0.3 is 4.42 Å². The number of alkyl halides is 3. The highest BCUT2D eigenvalue weighted by Gasteiger charge is 2.41. The van der Waals surface area contributed by atoms with Gasteiger partial charge in [0.05, 0.1) is 17.8 Å². The predicted octanol–water partition coefficient (Wildman–Crippen LogP) is 4.74. The van der Waals surface area contributed by atoms with Crippen molar-refractivity contribution in [1.29, 1.82) is 0 Å². The van der Waals surface area contributed by atoms with Crippen LogP contribution in [0, 0.1) is 5.82 Å². The Morgan fingerprint density at radius 2 is 2.09 bits per heavy atom. The van der Waals surface area contributed by atoms with E-state index >= 15 is 0 Å². The minimum atomic E-state index is -4.56. The Morgan fingerprint density at radius 3 is 2.70 bits per heavy atom. The van der Waals surface area contributed by atoms with Crippen LogP contribution >= 0.6 is 11.6 Å². The summed E-state index contributed by atoms with van der Waals surface area (Å²) in [6.07, 6.45) is -0.984. The first-order chi connectivity index (χ1) is 10.8. The molecule has 1 aromatic carbocycles. The quantitative estimate of drug-likeness (QED) is 0.793. The molecule has 1 saturated carbocycles. The minimum Gasteiger partial charge on any atom is -0.444 e. The normalized spacial score (nSPS) is 16.6. The van der Waals surface area contributed by atoms with Crippen molar-refractivity contribution < 1.29 is 22.0 Å². The van der Waals surface area contributed by atoms with Crippen LogP contribution in [0.25, 0.3) is 0 Å². The molecule has 124 valence electrons. The van der Waals surface area contributed by atoms with E-state index in [4.69, 9.17) is 16.0 Å². The molecule has 0 unspecified atom stereocenters. The molecule has 2 aromatic rings. The average Bonchev–Trinajstić information content (AvgIpc) is 3.21. The first-order valence-electron chi connectivity index (χ1n) is 7.04. The van der Waals surface area contributed by atoms with Crippen LogP contribution < -0.4 is 5.32 Å². The van der Waals surface area contributed by atoms with E-state index in [1.165, 1.54) is 0 Å². The van der Waals surface area contributed by atoms with Crippen LogP contribution in [-0.2, 0) is 6.54 Å². The highest BCUT2D eigenvalue weighted by Crippen LogP contribution is 2.40. The van der Waals surface area contributed by atoms with Crippen LogP contribution in [0.3, 0.4) is 0 Å². The molecule has 0 aliphatic heterocycles. The Kier molecular flexibility index (Phi) is 4.33. The second-order valence-electron chi connectivity index (χ2n) is 5.46. The lowest BCUT2D eigenvalue weighted by Gasteiger charge is -2.21. The predicted molar refractivity (Wildman–Crippen MR) is 75.5 cm³/mol. The van der Waals surface area contributed by atoms with E-state index in [9.17, 15) is 17.6 Å². The van der Waals surface area contributed by atoms with Crippen LogP contribution in [0.4, 0.5) is 17.6 Å². The van der Waals surface area contributed by atoms with Gasteiger partial charge in [-0.1, -0.05) is 17.7 Å². The van der Waals surface area contributed by atoms with E-state index < -0.39 is 18.0 Å². The Balaban J connectivity index is 1.74. The number of rotatable bonds is 5. The smallest absolute Gasteiger partial charge is 0.407 e. The van der Waals surface area contributed by atoms with Crippen molar-refractivity contribution in [2.45, 2.75) is 37.5 Å². The Bertz CT molecular complexity index is 697. The van der Waals surface area contributed by atoms with E-state index in [0.29, 0.717) is 11.7 Å². The second-order valence-corrected chi connectivity index (χ2v) is 5.87. The SMILES string of the molecule is Fc1ccc([C@H](NCc2ncc(C3CC3)o2)C(F)(F)F)cc1Cl. The lowest BCUT2D eigenvalue weighted by atomic mass is 10.1. The van der Waals surface area contributed by atoms with Gasteiger partial charge in [0.25, 0.3) is 0 Å². The fraction of sp³-hybridized carbons (Fsp3) is 0.400. The van der Waals surface area contributed by atoms with Crippen LogP contribution in [0.5, 0.6) is 0 Å². The van der Waals surface area contributed by atoms with Gasteiger partial charge in [-0.05, 0) is 30.5 Å². The third kappa shape index (κ3) is 3.84. The molecule has 1 atom stereocenters. The standard InChI is InChI=1S/C15H13ClF4N2O/c16-10-5-9(3-4-11(10)17)14(15(18,19)20)22-7-13-21-6-12(23-13)8-1-2-8/h3-6,8,14,22H,1-2,7H2/t14-/m0/s1. The number of hydrogen-bond acceptors (Lipinski definition) is 3. The molecule has 1 fully saturated rings. The van der Waals surface area contributed by atoms with Crippen molar-refractivity contribution in [2.24, 2.45) is 0 Å². The van der Waals surface area contributed by atoms with Crippen molar-refractivity contribution >= 4 is 11.6 Å². The zero-order chi connectivity index (χ0) is 16.6. The van der Waals surface area contributed by atoms with Gasteiger partial charge in [0, 0.05) is 5.92 Å². The molecule has 0 spiro atoms. The summed E-state index contributed by atoms with van der Waals surface area (Å²) in [5.74, 6) is 0.466. The first kappa shape index (κ1) is 16.3. The van der Waals surface area contributed by atoms with Crippen LogP contribution in [0.1, 0.15) is 42.0 Å². The van der Waals surface area contributed by atoms with Crippen molar-refractivity contribution in [3.63, 3.8) is 0 Å². The van der Waals surface area contributed by atoms with Gasteiger partial charge in [0.15, 0.2) is 0 Å². The molecule has 3 nitrogen and oxygen atoms in total. The van der Waals surface area contributed by atoms with E-state index in [1.54, 1.807) is 6.20 Å². The van der Waals surface area contributed by atoms with Gasteiger partial charge >= 0.3 is 6.18 Å². The minimum absolute atomic E-state index is 0.169. The maximum Gasteiger partial charge on any atom is 0.407 e. The van der Waals surface area contributed by atoms with E-state index in [1.807, 2.05) is 0 Å². The summed E-state index contributed by atoms with van der Waals surface area (Å²) < 4.78 is 58.3. The molecule has 0 amide bonds. The maximum absolute atomic E-state index is 13.2. The van der Waals surface area contributed by atoms with Crippen LogP contribution in [0.2, 0.25) is 5.02 Å². The zero-order valence-corrected chi connectivity index (χ0v) is 12.6. The van der Waals surface area contributed by atoms with Crippen LogP contribution in [-0.4, -0.2) is 11.2 Å². The highest BCUT2D eigenvalue weighted by molar-refractivity contribution is 6.30. The summed E-state index contributed by atoms with van der Waals surface area (Å²) in [5.41, 5.74) is -0.169. The fourth-order valence-electron chi connectivity index (χ4n) is 2.27. The van der Waals surface area contributed by atoms with E-state index in [-0.39, 0.29) is 23.0 Å². The second kappa shape index (κ2) is 6.13. The molecule has 0 radical (unpaired) electrons. The first-order valence-corrected chi connectivity index (χ1v) is 7.42. The molecule has 23 heavy (non-hydrogen) atoms. The largest absolute Gasteiger partial charge is 0.444 e. The summed E-state index contributed by atoms with van der Waals surface area (Å²) in [4.78, 5) is 3.97. The summed E-state index contributed by atoms with van der Waals surface area (Å²) in [5, 5.41) is 1.99. The van der Waals surface area contributed by atoms with Crippen molar-refractivity contribution in [3.05, 3.63) is 52.5 Å². The number of nitrogens with one attached hydrogen (secondary N) is 1. The molecule has 0 saturated heterocycles. The number of oxazole rings is 1. The maximum atomic E-state index is 13.2. The van der Waals surface area contributed by atoms with Gasteiger partial charge in [-0.2, -0.15) is 13.2 Å². The van der Waals surface area contributed by atoms with E-state index in [2.05, 4.69) is 10.3 Å². The third-order valence-electron chi connectivity index (χ3n) is 3.61. The molecule has 1 N–H and O–H groups in total. The topological polar surface area (TPSA) is 38.1 Å². The zero-order valence-electron chi connectivity index (χ0n) is 11.8. The molecule has 0 bridgehead atoms. The van der Waals surface area contributed by atoms with Gasteiger partial charge in [-0.3, -0.25) is 5.32 Å². The number of benzene rings is 1. The number of hydrogen-bond donors (Lipinski definition) is 1. The molecule has 1 heterocycles. The van der Waals surface area contributed by atoms with Crippen molar-refractivity contribution in [2.75, 3.05) is 0 Å². The van der Waals surface area contributed by atoms with Crippen LogP contribution in [0.15, 0.2) is 28.8 Å². The van der Waals surface area contributed by atoms with Gasteiger partial charge in [0.1, 0.15) is 17.6 Å². The fourth-order valence-corrected chi connectivity index (χ4v) is 2.46. The third-order valence-corrected chi connectivity index (χ3v) is 3.90. The highest BCUT2D eigenvalue weighted by atomic mass is 35.5. The molecular formula is C15H13ClF4N2O. The summed E-state index contributed by atoms with van der Waals surface area (Å²) in [6.45, 7) is -0.189. The van der Waals surface area contributed by atoms with E-state index in [0.717, 1.165) is 31.0 Å². The Hall–Kier alpha value is -1.60. The summed E-state index contributed by atoms with van der Waals surface area (Å²) in [6, 6.07) is 0.941. The molecular weight excluding hydrogens is 336 g/mol. The van der Waals surface area contributed by atoms with Crippen molar-refractivity contribution in [3.8, 4) is 0 Å². The van der Waals surface area contributed by atoms with Gasteiger partial charge in [-0.15, -0.1) is 0 Å².